The molecular formula is C17H20N2OS. The SMILES string of the molecule is CCc1cccc(NC(=S)NCc2ccccc2OC)c1. The molecule has 0 saturated carbocycles. The van der Waals surface area contributed by atoms with Gasteiger partial charge in [0, 0.05) is 17.8 Å². The summed E-state index contributed by atoms with van der Waals surface area (Å²) >= 11 is 5.33. The minimum atomic E-state index is 0.606. The third-order valence-corrected chi connectivity index (χ3v) is 3.47. The van der Waals surface area contributed by atoms with E-state index in [9.17, 15) is 0 Å². The van der Waals surface area contributed by atoms with E-state index in [-0.39, 0.29) is 0 Å². The number of ether oxygens (including phenoxy) is 1. The van der Waals surface area contributed by atoms with Crippen LogP contribution in [-0.2, 0) is 13.0 Å². The highest BCUT2D eigenvalue weighted by atomic mass is 32.1. The van der Waals surface area contributed by atoms with Crippen LogP contribution in [0.2, 0.25) is 0 Å². The van der Waals surface area contributed by atoms with Crippen LogP contribution in [-0.4, -0.2) is 12.2 Å². The van der Waals surface area contributed by atoms with Gasteiger partial charge in [-0.05, 0) is 42.4 Å². The average molecular weight is 300 g/mol. The van der Waals surface area contributed by atoms with Crippen molar-refractivity contribution in [2.75, 3.05) is 12.4 Å². The number of rotatable bonds is 5. The van der Waals surface area contributed by atoms with Crippen LogP contribution in [0.25, 0.3) is 0 Å². The predicted molar refractivity (Wildman–Crippen MR) is 91.9 cm³/mol. The number of hydrogen-bond acceptors (Lipinski definition) is 2. The number of thiocarbonyl (C=S) groups is 1. The zero-order valence-corrected chi connectivity index (χ0v) is 13.2. The van der Waals surface area contributed by atoms with E-state index in [2.05, 4.69) is 29.7 Å². The lowest BCUT2D eigenvalue weighted by Crippen LogP contribution is -2.28. The fourth-order valence-electron chi connectivity index (χ4n) is 2.07. The van der Waals surface area contributed by atoms with E-state index in [1.54, 1.807) is 7.11 Å². The first-order valence-corrected chi connectivity index (χ1v) is 7.39. The van der Waals surface area contributed by atoms with Crippen molar-refractivity contribution in [3.05, 3.63) is 59.7 Å². The van der Waals surface area contributed by atoms with Crippen molar-refractivity contribution in [2.45, 2.75) is 19.9 Å². The molecule has 0 spiro atoms. The highest BCUT2D eigenvalue weighted by Gasteiger charge is 2.03. The van der Waals surface area contributed by atoms with Gasteiger partial charge in [-0.2, -0.15) is 0 Å². The van der Waals surface area contributed by atoms with Crippen molar-refractivity contribution in [2.24, 2.45) is 0 Å². The number of methoxy groups -OCH3 is 1. The number of aryl methyl sites for hydroxylation is 1. The molecular weight excluding hydrogens is 280 g/mol. The van der Waals surface area contributed by atoms with Crippen LogP contribution in [0.5, 0.6) is 5.75 Å². The maximum atomic E-state index is 5.33. The zero-order chi connectivity index (χ0) is 15.1. The van der Waals surface area contributed by atoms with E-state index in [4.69, 9.17) is 17.0 Å². The van der Waals surface area contributed by atoms with E-state index in [0.29, 0.717) is 11.7 Å². The molecule has 0 fully saturated rings. The lowest BCUT2D eigenvalue weighted by Gasteiger charge is -2.13. The van der Waals surface area contributed by atoms with Crippen LogP contribution >= 0.6 is 12.2 Å². The molecule has 21 heavy (non-hydrogen) atoms. The van der Waals surface area contributed by atoms with Crippen LogP contribution < -0.4 is 15.4 Å². The van der Waals surface area contributed by atoms with Crippen LogP contribution in [0, 0.1) is 0 Å². The summed E-state index contributed by atoms with van der Waals surface area (Å²) in [6, 6.07) is 16.2. The second-order valence-electron chi connectivity index (χ2n) is 4.67. The van der Waals surface area contributed by atoms with Crippen molar-refractivity contribution in [3.63, 3.8) is 0 Å². The Morgan fingerprint density at radius 2 is 1.95 bits per heavy atom. The summed E-state index contributed by atoms with van der Waals surface area (Å²) in [6.45, 7) is 2.76. The van der Waals surface area contributed by atoms with E-state index >= 15 is 0 Å². The van der Waals surface area contributed by atoms with Gasteiger partial charge in [0.05, 0.1) is 7.11 Å². The van der Waals surface area contributed by atoms with Gasteiger partial charge in [-0.3, -0.25) is 0 Å². The first-order valence-electron chi connectivity index (χ1n) is 6.98. The maximum absolute atomic E-state index is 5.33. The molecule has 2 aromatic rings. The summed E-state index contributed by atoms with van der Waals surface area (Å²) in [5.74, 6) is 0.862. The smallest absolute Gasteiger partial charge is 0.171 e. The molecule has 0 amide bonds. The molecule has 0 atom stereocenters. The molecule has 0 saturated heterocycles. The Morgan fingerprint density at radius 3 is 2.71 bits per heavy atom. The molecule has 0 aliphatic rings. The third kappa shape index (κ3) is 4.46. The monoisotopic (exact) mass is 300 g/mol. The van der Waals surface area contributed by atoms with Gasteiger partial charge >= 0.3 is 0 Å². The van der Waals surface area contributed by atoms with Gasteiger partial charge in [-0.15, -0.1) is 0 Å². The number of nitrogens with one attached hydrogen (secondary N) is 2. The van der Waals surface area contributed by atoms with Gasteiger partial charge in [0.25, 0.3) is 0 Å². The van der Waals surface area contributed by atoms with E-state index in [1.807, 2.05) is 36.4 Å². The first-order chi connectivity index (χ1) is 10.2. The van der Waals surface area contributed by atoms with Gasteiger partial charge in [0.1, 0.15) is 5.75 Å². The second kappa shape index (κ2) is 7.64. The van der Waals surface area contributed by atoms with Crippen molar-refractivity contribution in [1.29, 1.82) is 0 Å². The van der Waals surface area contributed by atoms with E-state index < -0.39 is 0 Å². The number of para-hydroxylation sites is 1. The summed E-state index contributed by atoms with van der Waals surface area (Å²) in [7, 11) is 1.67. The summed E-state index contributed by atoms with van der Waals surface area (Å²) in [6.07, 6.45) is 1.01. The fourth-order valence-corrected chi connectivity index (χ4v) is 2.26. The molecule has 0 heterocycles. The van der Waals surface area contributed by atoms with Crippen LogP contribution in [0.4, 0.5) is 5.69 Å². The molecule has 4 heteroatoms. The summed E-state index contributed by atoms with van der Waals surface area (Å²) in [5, 5.41) is 7.01. The molecule has 0 aliphatic carbocycles. The topological polar surface area (TPSA) is 33.3 Å². The summed E-state index contributed by atoms with van der Waals surface area (Å²) in [5.41, 5.74) is 3.37. The number of anilines is 1. The Morgan fingerprint density at radius 1 is 1.14 bits per heavy atom. The van der Waals surface area contributed by atoms with Crippen molar-refractivity contribution in [1.82, 2.24) is 5.32 Å². The average Bonchev–Trinajstić information content (AvgIpc) is 2.53. The molecule has 0 unspecified atom stereocenters. The van der Waals surface area contributed by atoms with Gasteiger partial charge in [-0.1, -0.05) is 37.3 Å². The van der Waals surface area contributed by atoms with E-state index in [1.165, 1.54) is 5.56 Å². The van der Waals surface area contributed by atoms with Gasteiger partial charge in [-0.25, -0.2) is 0 Å². The lowest BCUT2D eigenvalue weighted by molar-refractivity contribution is 0.409. The molecule has 3 nitrogen and oxygen atoms in total. The van der Waals surface area contributed by atoms with Crippen LogP contribution in [0.1, 0.15) is 18.1 Å². The highest BCUT2D eigenvalue weighted by molar-refractivity contribution is 7.80. The Labute approximate surface area is 131 Å². The Hall–Kier alpha value is -2.07. The van der Waals surface area contributed by atoms with Crippen molar-refractivity contribution in [3.8, 4) is 5.75 Å². The third-order valence-electron chi connectivity index (χ3n) is 3.23. The number of benzene rings is 2. The van der Waals surface area contributed by atoms with Gasteiger partial charge in [0.15, 0.2) is 5.11 Å². The minimum Gasteiger partial charge on any atom is -0.496 e. The molecule has 0 aliphatic heterocycles. The Balaban J connectivity index is 1.92. The van der Waals surface area contributed by atoms with Gasteiger partial charge in [0.2, 0.25) is 0 Å². The Kier molecular flexibility index (Phi) is 5.58. The second-order valence-corrected chi connectivity index (χ2v) is 5.08. The molecule has 2 aromatic carbocycles. The lowest BCUT2D eigenvalue weighted by atomic mass is 10.1. The largest absolute Gasteiger partial charge is 0.496 e. The molecule has 110 valence electrons. The summed E-state index contributed by atoms with van der Waals surface area (Å²) in [4.78, 5) is 0. The molecule has 0 aromatic heterocycles. The van der Waals surface area contributed by atoms with Crippen LogP contribution in [0.15, 0.2) is 48.5 Å². The fraction of sp³-hybridized carbons (Fsp3) is 0.235. The standard InChI is InChI=1S/C17H20N2OS/c1-3-13-7-6-9-15(11-13)19-17(21)18-12-14-8-4-5-10-16(14)20-2/h4-11H,3,12H2,1-2H3,(H2,18,19,21). The molecule has 0 bridgehead atoms. The first kappa shape index (κ1) is 15.3. The minimum absolute atomic E-state index is 0.606. The quantitative estimate of drug-likeness (QED) is 0.824. The Bertz CT molecular complexity index is 613. The van der Waals surface area contributed by atoms with Gasteiger partial charge < -0.3 is 15.4 Å². The number of hydrogen-bond donors (Lipinski definition) is 2. The summed E-state index contributed by atoms with van der Waals surface area (Å²) < 4.78 is 5.32. The molecule has 0 radical (unpaired) electrons. The molecule has 2 N–H and O–H groups in total. The molecule has 2 rings (SSSR count). The maximum Gasteiger partial charge on any atom is 0.171 e. The van der Waals surface area contributed by atoms with Crippen molar-refractivity contribution >= 4 is 23.0 Å². The predicted octanol–water partition coefficient (Wildman–Crippen LogP) is 3.74. The zero-order valence-electron chi connectivity index (χ0n) is 12.3. The van der Waals surface area contributed by atoms with Crippen molar-refractivity contribution < 1.29 is 4.74 Å². The van der Waals surface area contributed by atoms with E-state index in [0.717, 1.165) is 23.4 Å². The highest BCUT2D eigenvalue weighted by Crippen LogP contribution is 2.17. The normalized spacial score (nSPS) is 10.0. The van der Waals surface area contributed by atoms with Crippen LogP contribution in [0.3, 0.4) is 0 Å².